The van der Waals surface area contributed by atoms with Crippen LogP contribution in [0.1, 0.15) is 43.0 Å². The normalized spacial score (nSPS) is 21.0. The van der Waals surface area contributed by atoms with Crippen molar-refractivity contribution in [3.8, 4) is 0 Å². The standard InChI is InChI=1S/C15H20N2O4S/c1-10-4-2-3-5-12(10)16-15(20)17-13(18)8-21-14(19)11-6-7-22-9-11/h6-7,9-10,12H,2-5,8H2,1H3,(H2,16,17,18,20). The predicted molar refractivity (Wildman–Crippen MR) is 82.7 cm³/mol. The molecule has 1 aliphatic rings. The first-order valence-electron chi connectivity index (χ1n) is 7.36. The average Bonchev–Trinajstić information content (AvgIpc) is 3.01. The molecule has 3 amide bonds. The molecule has 1 heterocycles. The maximum atomic E-state index is 11.8. The van der Waals surface area contributed by atoms with Gasteiger partial charge in [-0.2, -0.15) is 11.3 Å². The lowest BCUT2D eigenvalue weighted by molar-refractivity contribution is -0.123. The van der Waals surface area contributed by atoms with Gasteiger partial charge >= 0.3 is 12.0 Å². The highest BCUT2D eigenvalue weighted by molar-refractivity contribution is 7.08. The predicted octanol–water partition coefficient (Wildman–Crippen LogP) is 2.31. The van der Waals surface area contributed by atoms with Crippen LogP contribution in [-0.2, 0) is 9.53 Å². The van der Waals surface area contributed by atoms with E-state index in [1.807, 2.05) is 0 Å². The maximum absolute atomic E-state index is 11.8. The van der Waals surface area contributed by atoms with Gasteiger partial charge in [0.05, 0.1) is 5.56 Å². The summed E-state index contributed by atoms with van der Waals surface area (Å²) in [6.45, 7) is 1.62. The van der Waals surface area contributed by atoms with E-state index >= 15 is 0 Å². The van der Waals surface area contributed by atoms with Gasteiger partial charge in [0.15, 0.2) is 6.61 Å². The highest BCUT2D eigenvalue weighted by Crippen LogP contribution is 2.23. The van der Waals surface area contributed by atoms with Crippen LogP contribution in [0.4, 0.5) is 4.79 Å². The van der Waals surface area contributed by atoms with Gasteiger partial charge in [-0.3, -0.25) is 10.1 Å². The number of nitrogens with one attached hydrogen (secondary N) is 2. The van der Waals surface area contributed by atoms with Crippen LogP contribution in [0, 0.1) is 5.92 Å². The minimum Gasteiger partial charge on any atom is -0.452 e. The Morgan fingerprint density at radius 1 is 1.32 bits per heavy atom. The number of amides is 3. The number of rotatable bonds is 4. The van der Waals surface area contributed by atoms with E-state index in [-0.39, 0.29) is 6.04 Å². The molecule has 0 radical (unpaired) electrons. The van der Waals surface area contributed by atoms with Crippen molar-refractivity contribution in [1.82, 2.24) is 10.6 Å². The number of carbonyl (C=O) groups is 3. The van der Waals surface area contributed by atoms with E-state index in [0.29, 0.717) is 11.5 Å². The van der Waals surface area contributed by atoms with Crippen molar-refractivity contribution in [2.24, 2.45) is 5.92 Å². The molecule has 2 unspecified atom stereocenters. The van der Waals surface area contributed by atoms with Gasteiger partial charge in [-0.1, -0.05) is 19.8 Å². The number of imide groups is 1. The van der Waals surface area contributed by atoms with E-state index in [2.05, 4.69) is 17.6 Å². The molecule has 1 aromatic rings. The molecule has 6 nitrogen and oxygen atoms in total. The number of esters is 1. The van der Waals surface area contributed by atoms with Crippen LogP contribution in [-0.4, -0.2) is 30.6 Å². The van der Waals surface area contributed by atoms with Crippen LogP contribution in [0.15, 0.2) is 16.8 Å². The van der Waals surface area contributed by atoms with Crippen molar-refractivity contribution < 1.29 is 19.1 Å². The first kappa shape index (κ1) is 16.5. The van der Waals surface area contributed by atoms with Crippen molar-refractivity contribution in [2.45, 2.75) is 38.6 Å². The fourth-order valence-corrected chi connectivity index (χ4v) is 3.12. The summed E-state index contributed by atoms with van der Waals surface area (Å²) in [5.41, 5.74) is 0.401. The monoisotopic (exact) mass is 324 g/mol. The Morgan fingerprint density at radius 3 is 2.77 bits per heavy atom. The molecule has 120 valence electrons. The molecular weight excluding hydrogens is 304 g/mol. The fourth-order valence-electron chi connectivity index (χ4n) is 2.49. The van der Waals surface area contributed by atoms with E-state index in [0.717, 1.165) is 19.3 Å². The van der Waals surface area contributed by atoms with E-state index in [1.54, 1.807) is 16.8 Å². The number of carbonyl (C=O) groups excluding carboxylic acids is 3. The van der Waals surface area contributed by atoms with E-state index in [1.165, 1.54) is 17.8 Å². The third-order valence-corrected chi connectivity index (χ3v) is 4.46. The minimum atomic E-state index is -0.635. The topological polar surface area (TPSA) is 84.5 Å². The molecular formula is C15H20N2O4S. The van der Waals surface area contributed by atoms with Gasteiger partial charge in [0.2, 0.25) is 0 Å². The summed E-state index contributed by atoms with van der Waals surface area (Å²) in [4.78, 5) is 34.9. The van der Waals surface area contributed by atoms with Crippen molar-refractivity contribution >= 4 is 29.2 Å². The molecule has 0 bridgehead atoms. The molecule has 2 N–H and O–H groups in total. The molecule has 2 atom stereocenters. The second-order valence-corrected chi connectivity index (χ2v) is 6.26. The number of hydrogen-bond donors (Lipinski definition) is 2. The van der Waals surface area contributed by atoms with Crippen molar-refractivity contribution in [2.75, 3.05) is 6.61 Å². The second kappa shape index (κ2) is 7.93. The summed E-state index contributed by atoms with van der Waals surface area (Å²) < 4.78 is 4.84. The lowest BCUT2D eigenvalue weighted by atomic mass is 9.86. The van der Waals surface area contributed by atoms with Gasteiger partial charge in [-0.25, -0.2) is 9.59 Å². The number of urea groups is 1. The molecule has 1 fully saturated rings. The third-order valence-electron chi connectivity index (χ3n) is 3.77. The van der Waals surface area contributed by atoms with Crippen molar-refractivity contribution in [3.63, 3.8) is 0 Å². The van der Waals surface area contributed by atoms with Gasteiger partial charge in [0.25, 0.3) is 5.91 Å². The zero-order valence-electron chi connectivity index (χ0n) is 12.5. The number of hydrogen-bond acceptors (Lipinski definition) is 5. The molecule has 1 aromatic heterocycles. The van der Waals surface area contributed by atoms with Crippen LogP contribution in [0.3, 0.4) is 0 Å². The Bertz CT molecular complexity index is 530. The summed E-state index contributed by atoms with van der Waals surface area (Å²) in [5.74, 6) is -0.798. The molecule has 1 aliphatic carbocycles. The summed E-state index contributed by atoms with van der Waals surface area (Å²) in [6.07, 6.45) is 4.27. The molecule has 0 saturated heterocycles. The third kappa shape index (κ3) is 4.84. The molecule has 2 rings (SSSR count). The molecule has 1 saturated carbocycles. The van der Waals surface area contributed by atoms with Crippen molar-refractivity contribution in [3.05, 3.63) is 22.4 Å². The van der Waals surface area contributed by atoms with Gasteiger partial charge in [0, 0.05) is 11.4 Å². The fraction of sp³-hybridized carbons (Fsp3) is 0.533. The summed E-state index contributed by atoms with van der Waals surface area (Å²) in [6, 6.07) is 1.17. The zero-order chi connectivity index (χ0) is 15.9. The molecule has 0 aromatic carbocycles. The van der Waals surface area contributed by atoms with Crippen LogP contribution in [0.5, 0.6) is 0 Å². The van der Waals surface area contributed by atoms with E-state index in [9.17, 15) is 14.4 Å². The lowest BCUT2D eigenvalue weighted by Gasteiger charge is -2.29. The Labute approximate surface area is 133 Å². The number of ether oxygens (including phenoxy) is 1. The summed E-state index contributed by atoms with van der Waals surface area (Å²) in [5, 5.41) is 8.37. The highest BCUT2D eigenvalue weighted by atomic mass is 32.1. The largest absolute Gasteiger partial charge is 0.452 e. The summed E-state index contributed by atoms with van der Waals surface area (Å²) in [7, 11) is 0. The van der Waals surface area contributed by atoms with Gasteiger partial charge in [0.1, 0.15) is 0 Å². The molecule has 0 aliphatic heterocycles. The van der Waals surface area contributed by atoms with Crippen LogP contribution < -0.4 is 10.6 Å². The smallest absolute Gasteiger partial charge is 0.339 e. The minimum absolute atomic E-state index is 0.0925. The van der Waals surface area contributed by atoms with Crippen LogP contribution in [0.2, 0.25) is 0 Å². The van der Waals surface area contributed by atoms with E-state index < -0.39 is 24.5 Å². The van der Waals surface area contributed by atoms with Gasteiger partial charge < -0.3 is 10.1 Å². The molecule has 7 heteroatoms. The molecule has 22 heavy (non-hydrogen) atoms. The average molecular weight is 324 g/mol. The maximum Gasteiger partial charge on any atom is 0.339 e. The Kier molecular flexibility index (Phi) is 5.94. The van der Waals surface area contributed by atoms with E-state index in [4.69, 9.17) is 4.74 Å². The van der Waals surface area contributed by atoms with Gasteiger partial charge in [-0.15, -0.1) is 0 Å². The van der Waals surface area contributed by atoms with Crippen LogP contribution >= 0.6 is 11.3 Å². The second-order valence-electron chi connectivity index (χ2n) is 5.48. The quantitative estimate of drug-likeness (QED) is 0.832. The van der Waals surface area contributed by atoms with Crippen LogP contribution in [0.25, 0.3) is 0 Å². The van der Waals surface area contributed by atoms with Gasteiger partial charge in [-0.05, 0) is 30.2 Å². The Balaban J connectivity index is 1.70. The zero-order valence-corrected chi connectivity index (χ0v) is 13.3. The Hall–Kier alpha value is -1.89. The Morgan fingerprint density at radius 2 is 2.09 bits per heavy atom. The lowest BCUT2D eigenvalue weighted by Crippen LogP contribution is -2.48. The SMILES string of the molecule is CC1CCCCC1NC(=O)NC(=O)COC(=O)c1ccsc1. The first-order valence-corrected chi connectivity index (χ1v) is 8.30. The highest BCUT2D eigenvalue weighted by Gasteiger charge is 2.23. The summed E-state index contributed by atoms with van der Waals surface area (Å²) >= 11 is 1.37. The number of thiophene rings is 1. The molecule has 0 spiro atoms. The van der Waals surface area contributed by atoms with Crippen molar-refractivity contribution in [1.29, 1.82) is 0 Å². The first-order chi connectivity index (χ1) is 10.6.